The van der Waals surface area contributed by atoms with Crippen molar-refractivity contribution in [1.29, 1.82) is 0 Å². The number of ether oxygens (including phenoxy) is 1. The number of carbonyl (C=O) groups is 1. The van der Waals surface area contributed by atoms with E-state index in [1.54, 1.807) is 19.3 Å². The van der Waals surface area contributed by atoms with Gasteiger partial charge >= 0.3 is 0 Å². The molecule has 0 saturated heterocycles. The van der Waals surface area contributed by atoms with Crippen LogP contribution in [0.2, 0.25) is 0 Å². The van der Waals surface area contributed by atoms with Gasteiger partial charge in [0.15, 0.2) is 0 Å². The van der Waals surface area contributed by atoms with Gasteiger partial charge in [0.25, 0.3) is 0 Å². The molecule has 1 fully saturated rings. The van der Waals surface area contributed by atoms with Gasteiger partial charge in [0.1, 0.15) is 11.9 Å². The molecule has 5 heteroatoms. The lowest BCUT2D eigenvalue weighted by molar-refractivity contribution is -0.151. The monoisotopic (exact) mass is 294 g/mol. The number of hydrogen-bond acceptors (Lipinski definition) is 4. The van der Waals surface area contributed by atoms with Gasteiger partial charge in [-0.25, -0.2) is 0 Å². The molecule has 3 atom stereocenters. The Labute approximate surface area is 126 Å². The Morgan fingerprint density at radius 2 is 2.48 bits per heavy atom. The molecule has 0 bridgehead atoms. The summed E-state index contributed by atoms with van der Waals surface area (Å²) in [6, 6.07) is 3.63. The molecule has 1 heterocycles. The summed E-state index contributed by atoms with van der Waals surface area (Å²) in [5, 5.41) is 2.83. The highest BCUT2D eigenvalue weighted by atomic mass is 16.5. The van der Waals surface area contributed by atoms with E-state index in [1.165, 1.54) is 6.42 Å². The Bertz CT molecular complexity index is 446. The van der Waals surface area contributed by atoms with Crippen molar-refractivity contribution in [2.24, 2.45) is 11.7 Å². The Hall–Kier alpha value is -1.33. The maximum atomic E-state index is 12.1. The van der Waals surface area contributed by atoms with E-state index >= 15 is 0 Å². The van der Waals surface area contributed by atoms with Crippen LogP contribution in [0, 0.1) is 5.92 Å². The summed E-state index contributed by atoms with van der Waals surface area (Å²) in [7, 11) is 0. The largest absolute Gasteiger partial charge is 0.467 e. The minimum atomic E-state index is -0.506. The fourth-order valence-corrected chi connectivity index (χ4v) is 3.11. The van der Waals surface area contributed by atoms with E-state index in [0.717, 1.165) is 25.0 Å². The highest BCUT2D eigenvalue weighted by Gasteiger charge is 2.37. The lowest BCUT2D eigenvalue weighted by Crippen LogP contribution is -2.49. The lowest BCUT2D eigenvalue weighted by Gasteiger charge is -2.40. The van der Waals surface area contributed by atoms with Crippen molar-refractivity contribution < 1.29 is 13.9 Å². The van der Waals surface area contributed by atoms with Crippen LogP contribution in [0.4, 0.5) is 0 Å². The summed E-state index contributed by atoms with van der Waals surface area (Å²) >= 11 is 0. The zero-order valence-electron chi connectivity index (χ0n) is 12.9. The van der Waals surface area contributed by atoms with Gasteiger partial charge in [-0.3, -0.25) is 4.79 Å². The van der Waals surface area contributed by atoms with Crippen LogP contribution in [0.1, 0.15) is 45.3 Å². The first-order valence-corrected chi connectivity index (χ1v) is 7.73. The Kier molecular flexibility index (Phi) is 5.42. The van der Waals surface area contributed by atoms with Gasteiger partial charge in [-0.15, -0.1) is 0 Å². The molecule has 1 aliphatic rings. The number of rotatable bonds is 6. The van der Waals surface area contributed by atoms with Gasteiger partial charge in [0, 0.05) is 6.54 Å². The second kappa shape index (κ2) is 7.09. The molecule has 118 valence electrons. The van der Waals surface area contributed by atoms with Crippen LogP contribution in [0.15, 0.2) is 22.8 Å². The smallest absolute Gasteiger partial charge is 0.249 e. The van der Waals surface area contributed by atoms with Gasteiger partial charge in [-0.1, -0.05) is 19.8 Å². The molecule has 0 aliphatic heterocycles. The molecule has 21 heavy (non-hydrogen) atoms. The molecule has 1 aromatic rings. The Morgan fingerprint density at radius 3 is 3.10 bits per heavy atom. The minimum Gasteiger partial charge on any atom is -0.467 e. The number of hydrogen-bond donors (Lipinski definition) is 2. The van der Waals surface area contributed by atoms with E-state index in [1.807, 2.05) is 6.07 Å². The van der Waals surface area contributed by atoms with Crippen LogP contribution in [0.3, 0.4) is 0 Å². The Morgan fingerprint density at radius 1 is 1.67 bits per heavy atom. The van der Waals surface area contributed by atoms with Gasteiger partial charge in [0.05, 0.1) is 18.4 Å². The Balaban J connectivity index is 1.86. The highest BCUT2D eigenvalue weighted by Crippen LogP contribution is 2.35. The zero-order valence-corrected chi connectivity index (χ0v) is 12.9. The number of nitrogens with one attached hydrogen (secondary N) is 1. The third-order valence-electron chi connectivity index (χ3n) is 4.23. The molecule has 1 aromatic heterocycles. The molecule has 3 unspecified atom stereocenters. The summed E-state index contributed by atoms with van der Waals surface area (Å²) in [6.07, 6.45) is 5.27. The molecule has 1 amide bonds. The van der Waals surface area contributed by atoms with Gasteiger partial charge < -0.3 is 20.2 Å². The maximum Gasteiger partial charge on any atom is 0.249 e. The quantitative estimate of drug-likeness (QED) is 0.843. The summed E-state index contributed by atoms with van der Waals surface area (Å²) in [6.45, 7) is 4.85. The fourth-order valence-electron chi connectivity index (χ4n) is 3.11. The van der Waals surface area contributed by atoms with E-state index in [-0.39, 0.29) is 11.5 Å². The topological polar surface area (TPSA) is 77.5 Å². The van der Waals surface area contributed by atoms with E-state index in [4.69, 9.17) is 14.9 Å². The molecule has 0 radical (unpaired) electrons. The molecule has 1 aliphatic carbocycles. The molecular formula is C16H26N2O3. The van der Waals surface area contributed by atoms with E-state index in [2.05, 4.69) is 12.2 Å². The highest BCUT2D eigenvalue weighted by molar-refractivity contribution is 5.80. The predicted octanol–water partition coefficient (Wildman–Crippen LogP) is 2.21. The van der Waals surface area contributed by atoms with Crippen molar-refractivity contribution in [3.63, 3.8) is 0 Å². The van der Waals surface area contributed by atoms with Crippen LogP contribution in [0.5, 0.6) is 0 Å². The summed E-state index contributed by atoms with van der Waals surface area (Å²) in [5.41, 5.74) is 5.58. The summed E-state index contributed by atoms with van der Waals surface area (Å²) in [5.74, 6) is 1.20. The molecule has 5 nitrogen and oxygen atoms in total. The fraction of sp³-hybridized carbons (Fsp3) is 0.688. The molecule has 1 saturated carbocycles. The maximum absolute atomic E-state index is 12.1. The number of carbonyl (C=O) groups excluding carboxylic acids is 1. The molecule has 0 aromatic carbocycles. The second-order valence-electron chi connectivity index (χ2n) is 6.15. The molecule has 0 spiro atoms. The van der Waals surface area contributed by atoms with E-state index < -0.39 is 6.10 Å². The number of nitrogens with two attached hydrogens (primary N) is 1. The zero-order chi connectivity index (χ0) is 15.3. The average molecular weight is 294 g/mol. The SMILES string of the molecule is CC1CCCC(CN)(OC(C)C(=O)NCc2ccco2)C1. The third kappa shape index (κ3) is 4.32. The van der Waals surface area contributed by atoms with Crippen molar-refractivity contribution >= 4 is 5.91 Å². The second-order valence-corrected chi connectivity index (χ2v) is 6.15. The van der Waals surface area contributed by atoms with E-state index in [9.17, 15) is 4.79 Å². The van der Waals surface area contributed by atoms with Gasteiger partial charge in [-0.2, -0.15) is 0 Å². The first kappa shape index (κ1) is 16.0. The van der Waals surface area contributed by atoms with Crippen LogP contribution < -0.4 is 11.1 Å². The van der Waals surface area contributed by atoms with Gasteiger partial charge in [0.2, 0.25) is 5.91 Å². The first-order valence-electron chi connectivity index (χ1n) is 7.73. The van der Waals surface area contributed by atoms with Crippen molar-refractivity contribution in [1.82, 2.24) is 5.32 Å². The summed E-state index contributed by atoms with van der Waals surface area (Å²) < 4.78 is 11.3. The van der Waals surface area contributed by atoms with Crippen LogP contribution >= 0.6 is 0 Å². The number of amides is 1. The lowest BCUT2D eigenvalue weighted by atomic mass is 9.78. The molecular weight excluding hydrogens is 268 g/mol. The van der Waals surface area contributed by atoms with E-state index in [0.29, 0.717) is 19.0 Å². The normalized spacial score (nSPS) is 27.3. The van der Waals surface area contributed by atoms with Crippen molar-refractivity contribution in [2.75, 3.05) is 6.54 Å². The minimum absolute atomic E-state index is 0.127. The summed E-state index contributed by atoms with van der Waals surface area (Å²) in [4.78, 5) is 12.1. The predicted molar refractivity (Wildman–Crippen MR) is 80.5 cm³/mol. The van der Waals surface area contributed by atoms with Gasteiger partial charge in [-0.05, 0) is 37.8 Å². The molecule has 2 rings (SSSR count). The van der Waals surface area contributed by atoms with Crippen molar-refractivity contribution in [3.05, 3.63) is 24.2 Å². The van der Waals surface area contributed by atoms with Crippen molar-refractivity contribution in [2.45, 2.75) is 57.8 Å². The average Bonchev–Trinajstić information content (AvgIpc) is 2.98. The standard InChI is InChI=1S/C16H26N2O3/c1-12-5-3-7-16(9-12,11-17)21-13(2)15(19)18-10-14-6-4-8-20-14/h4,6,8,12-13H,3,5,7,9-11,17H2,1-2H3,(H,18,19). The van der Waals surface area contributed by atoms with Crippen molar-refractivity contribution in [3.8, 4) is 0 Å². The third-order valence-corrected chi connectivity index (χ3v) is 4.23. The number of furan rings is 1. The van der Waals surface area contributed by atoms with Crippen LogP contribution in [-0.4, -0.2) is 24.2 Å². The first-order chi connectivity index (χ1) is 10.0. The molecule has 3 N–H and O–H groups in total. The van der Waals surface area contributed by atoms with Crippen LogP contribution in [0.25, 0.3) is 0 Å². The van der Waals surface area contributed by atoms with Crippen LogP contribution in [-0.2, 0) is 16.1 Å².